The van der Waals surface area contributed by atoms with Crippen molar-refractivity contribution < 1.29 is 13.2 Å². The predicted octanol–water partition coefficient (Wildman–Crippen LogP) is 2.54. The van der Waals surface area contributed by atoms with Crippen molar-refractivity contribution in [2.45, 2.75) is 31.3 Å². The Morgan fingerprint density at radius 1 is 1.19 bits per heavy atom. The Labute approximate surface area is 185 Å². The number of carbonyl (C=O) groups excluding carboxylic acids is 1. The third-order valence-corrected chi connectivity index (χ3v) is 6.42. The highest BCUT2D eigenvalue weighted by Gasteiger charge is 2.30. The number of likely N-dealkylation sites (N-methyl/N-ethyl adjacent to an activating group) is 1. The molecule has 2 aromatic carbocycles. The van der Waals surface area contributed by atoms with Crippen LogP contribution in [0.1, 0.15) is 19.7 Å². The molecule has 164 valence electrons. The maximum absolute atomic E-state index is 13.1. The maximum Gasteiger partial charge on any atom is 0.258 e. The summed E-state index contributed by atoms with van der Waals surface area (Å²) >= 11 is 5.90. The van der Waals surface area contributed by atoms with Gasteiger partial charge in [0.2, 0.25) is 15.9 Å². The smallest absolute Gasteiger partial charge is 0.258 e. The number of benzene rings is 2. The van der Waals surface area contributed by atoms with Gasteiger partial charge in [-0.2, -0.15) is 4.72 Å². The Balaban J connectivity index is 1.82. The first-order valence-corrected chi connectivity index (χ1v) is 11.5. The molecule has 1 heterocycles. The Hall–Kier alpha value is -2.75. The van der Waals surface area contributed by atoms with E-state index in [-0.39, 0.29) is 27.9 Å². The van der Waals surface area contributed by atoms with Gasteiger partial charge in [0.15, 0.2) is 0 Å². The molecule has 1 amide bonds. The van der Waals surface area contributed by atoms with Crippen LogP contribution in [0.2, 0.25) is 5.02 Å². The molecule has 31 heavy (non-hydrogen) atoms. The van der Waals surface area contributed by atoms with Gasteiger partial charge in [0, 0.05) is 12.1 Å². The van der Waals surface area contributed by atoms with E-state index in [0.717, 1.165) is 0 Å². The molecule has 3 rings (SSSR count). The van der Waals surface area contributed by atoms with Gasteiger partial charge in [-0.15, -0.1) is 0 Å². The van der Waals surface area contributed by atoms with Crippen LogP contribution in [0.4, 0.5) is 0 Å². The van der Waals surface area contributed by atoms with Crippen molar-refractivity contribution in [2.24, 2.45) is 5.92 Å². The highest BCUT2D eigenvalue weighted by atomic mass is 35.5. The summed E-state index contributed by atoms with van der Waals surface area (Å²) in [7, 11) is -2.44. The number of aromatic nitrogens is 2. The highest BCUT2D eigenvalue weighted by molar-refractivity contribution is 7.89. The van der Waals surface area contributed by atoms with Crippen LogP contribution in [0.25, 0.3) is 10.9 Å². The van der Waals surface area contributed by atoms with Crippen LogP contribution in [0.15, 0.2) is 58.2 Å². The second kappa shape index (κ2) is 9.17. The second-order valence-corrected chi connectivity index (χ2v) is 9.67. The molecule has 0 aliphatic rings. The molecule has 0 saturated heterocycles. The number of rotatable bonds is 7. The first-order valence-electron chi connectivity index (χ1n) is 9.59. The number of nitrogens with zero attached hydrogens (tertiary/aromatic N) is 2. The lowest BCUT2D eigenvalue weighted by molar-refractivity contribution is -0.133. The van der Waals surface area contributed by atoms with E-state index in [0.29, 0.717) is 16.7 Å². The number of para-hydroxylation sites is 1. The highest BCUT2D eigenvalue weighted by Crippen LogP contribution is 2.18. The van der Waals surface area contributed by atoms with Gasteiger partial charge in [0.05, 0.1) is 22.3 Å². The van der Waals surface area contributed by atoms with Gasteiger partial charge >= 0.3 is 0 Å². The normalized spacial score (nSPS) is 12.8. The van der Waals surface area contributed by atoms with Crippen molar-refractivity contribution in [1.82, 2.24) is 19.6 Å². The minimum atomic E-state index is -3.97. The van der Waals surface area contributed by atoms with E-state index in [1.165, 1.54) is 30.1 Å². The number of hydrogen-bond acceptors (Lipinski definition) is 5. The van der Waals surface area contributed by atoms with Crippen molar-refractivity contribution in [2.75, 3.05) is 7.05 Å². The summed E-state index contributed by atoms with van der Waals surface area (Å²) in [5.74, 6) is -0.469. The first kappa shape index (κ1) is 22.9. The number of halogens is 1. The van der Waals surface area contributed by atoms with Crippen LogP contribution < -0.4 is 10.3 Å². The van der Waals surface area contributed by atoms with Crippen LogP contribution in [-0.4, -0.2) is 42.3 Å². The second-order valence-electron chi connectivity index (χ2n) is 7.52. The molecule has 0 aliphatic heterocycles. The number of nitrogens with one attached hydrogen (secondary N) is 2. The molecule has 1 atom stereocenters. The van der Waals surface area contributed by atoms with Crippen molar-refractivity contribution in [3.8, 4) is 0 Å². The summed E-state index contributed by atoms with van der Waals surface area (Å²) in [5.41, 5.74) is 0.215. The Morgan fingerprint density at radius 2 is 1.90 bits per heavy atom. The minimum absolute atomic E-state index is 0.0149. The third-order valence-electron chi connectivity index (χ3n) is 4.75. The molecule has 0 bridgehead atoms. The SMILES string of the molecule is CC(C)[C@@H](NS(=O)(=O)c1cccc(Cl)c1)C(=O)N(C)Cc1nc2ccccc2c(=O)[nH]1. The van der Waals surface area contributed by atoms with E-state index in [1.54, 1.807) is 44.2 Å². The molecular formula is C21H23ClN4O4S. The van der Waals surface area contributed by atoms with E-state index in [9.17, 15) is 18.0 Å². The standard InChI is InChI=1S/C21H23ClN4O4S/c1-13(2)19(25-31(29,30)15-8-6-7-14(22)11-15)21(28)26(3)12-18-23-17-10-5-4-9-16(17)20(27)24-18/h4-11,13,19,25H,12H2,1-3H3,(H,23,24,27)/t19-/m1/s1. The number of H-pyrrole nitrogens is 1. The van der Waals surface area contributed by atoms with Crippen molar-refractivity contribution in [1.29, 1.82) is 0 Å². The van der Waals surface area contributed by atoms with Gasteiger partial charge < -0.3 is 9.88 Å². The van der Waals surface area contributed by atoms with Gasteiger partial charge in [-0.1, -0.05) is 43.6 Å². The Morgan fingerprint density at radius 3 is 2.58 bits per heavy atom. The molecule has 0 saturated carbocycles. The topological polar surface area (TPSA) is 112 Å². The predicted molar refractivity (Wildman–Crippen MR) is 119 cm³/mol. The lowest BCUT2D eigenvalue weighted by Gasteiger charge is -2.26. The molecule has 1 aromatic heterocycles. The molecule has 3 aromatic rings. The van der Waals surface area contributed by atoms with Crippen molar-refractivity contribution in [3.05, 3.63) is 69.7 Å². The van der Waals surface area contributed by atoms with E-state index < -0.39 is 22.0 Å². The number of sulfonamides is 1. The average molecular weight is 463 g/mol. The van der Waals surface area contributed by atoms with Crippen molar-refractivity contribution >= 4 is 38.4 Å². The fourth-order valence-corrected chi connectivity index (χ4v) is 4.73. The minimum Gasteiger partial charge on any atom is -0.337 e. The molecule has 10 heteroatoms. The number of aromatic amines is 1. The first-order chi connectivity index (χ1) is 14.6. The lowest BCUT2D eigenvalue weighted by atomic mass is 10.0. The van der Waals surface area contributed by atoms with Gasteiger partial charge in [-0.05, 0) is 36.2 Å². The Kier molecular flexibility index (Phi) is 6.78. The quantitative estimate of drug-likeness (QED) is 0.560. The van der Waals surface area contributed by atoms with Crippen LogP contribution in [-0.2, 0) is 21.4 Å². The molecule has 0 spiro atoms. The lowest BCUT2D eigenvalue weighted by Crippen LogP contribution is -2.50. The van der Waals surface area contributed by atoms with E-state index in [1.807, 2.05) is 0 Å². The third kappa shape index (κ3) is 5.30. The molecule has 8 nitrogen and oxygen atoms in total. The fourth-order valence-electron chi connectivity index (χ4n) is 3.09. The zero-order valence-corrected chi connectivity index (χ0v) is 18.9. The molecule has 0 unspecified atom stereocenters. The summed E-state index contributed by atoms with van der Waals surface area (Å²) in [4.78, 5) is 33.7. The number of carbonyl (C=O) groups is 1. The van der Waals surface area contributed by atoms with E-state index in [4.69, 9.17) is 11.6 Å². The number of hydrogen-bond donors (Lipinski definition) is 2. The number of fused-ring (bicyclic) bond motifs is 1. The molecule has 0 fully saturated rings. The Bertz CT molecular complexity index is 1270. The van der Waals surface area contributed by atoms with Crippen LogP contribution in [0, 0.1) is 5.92 Å². The summed E-state index contributed by atoms with van der Waals surface area (Å²) in [6.07, 6.45) is 0. The van der Waals surface area contributed by atoms with E-state index >= 15 is 0 Å². The number of amides is 1. The zero-order valence-electron chi connectivity index (χ0n) is 17.3. The monoisotopic (exact) mass is 462 g/mol. The molecular weight excluding hydrogens is 440 g/mol. The average Bonchev–Trinajstić information content (AvgIpc) is 2.71. The summed E-state index contributed by atoms with van der Waals surface area (Å²) in [5, 5.41) is 0.730. The zero-order chi connectivity index (χ0) is 22.8. The summed E-state index contributed by atoms with van der Waals surface area (Å²) in [6.45, 7) is 3.50. The van der Waals surface area contributed by atoms with Gasteiger partial charge in [0.25, 0.3) is 5.56 Å². The van der Waals surface area contributed by atoms with Crippen LogP contribution in [0.3, 0.4) is 0 Å². The summed E-state index contributed by atoms with van der Waals surface area (Å²) in [6, 6.07) is 11.7. The largest absolute Gasteiger partial charge is 0.337 e. The van der Waals surface area contributed by atoms with Gasteiger partial charge in [-0.25, -0.2) is 13.4 Å². The van der Waals surface area contributed by atoms with Gasteiger partial charge in [-0.3, -0.25) is 9.59 Å². The van der Waals surface area contributed by atoms with Crippen molar-refractivity contribution in [3.63, 3.8) is 0 Å². The van der Waals surface area contributed by atoms with Gasteiger partial charge in [0.1, 0.15) is 11.9 Å². The van der Waals surface area contributed by atoms with Crippen LogP contribution >= 0.6 is 11.6 Å². The van der Waals surface area contributed by atoms with E-state index in [2.05, 4.69) is 14.7 Å². The van der Waals surface area contributed by atoms with Crippen LogP contribution in [0.5, 0.6) is 0 Å². The molecule has 0 radical (unpaired) electrons. The molecule has 2 N–H and O–H groups in total. The summed E-state index contributed by atoms with van der Waals surface area (Å²) < 4.78 is 28.0. The fraction of sp³-hybridized carbons (Fsp3) is 0.286. The molecule has 0 aliphatic carbocycles. The maximum atomic E-state index is 13.1.